The molecule has 4 heterocycles. The lowest BCUT2D eigenvalue weighted by Crippen LogP contribution is -2.53. The number of carbonyl (C=O) groups is 1. The molecule has 2 aliphatic rings. The number of aromatic nitrogens is 5. The maximum absolute atomic E-state index is 14.2. The van der Waals surface area contributed by atoms with Crippen LogP contribution in [0, 0.1) is 18.2 Å². The second-order valence-electron chi connectivity index (χ2n) is 10.2. The van der Waals surface area contributed by atoms with E-state index in [9.17, 15) is 26.9 Å². The van der Waals surface area contributed by atoms with Gasteiger partial charge >= 0.3 is 6.18 Å². The van der Waals surface area contributed by atoms with Crippen LogP contribution in [0.4, 0.5) is 17.6 Å². The first kappa shape index (κ1) is 27.4. The van der Waals surface area contributed by atoms with Crippen LogP contribution in [0.15, 0.2) is 65.6 Å². The first-order valence-electron chi connectivity index (χ1n) is 12.7. The Labute approximate surface area is 235 Å². The van der Waals surface area contributed by atoms with Gasteiger partial charge in [-0.1, -0.05) is 5.57 Å². The molecule has 3 aromatic heterocycles. The van der Waals surface area contributed by atoms with E-state index in [-0.39, 0.29) is 18.7 Å². The number of hydrogen-bond acceptors (Lipinski definition) is 6. The third-order valence-corrected chi connectivity index (χ3v) is 9.04. The number of benzene rings is 1. The lowest BCUT2D eigenvalue weighted by Gasteiger charge is -2.44. The number of alkyl halides is 3. The van der Waals surface area contributed by atoms with E-state index in [4.69, 9.17) is 0 Å². The summed E-state index contributed by atoms with van der Waals surface area (Å²) in [5.41, 5.74) is 0.0515. The van der Waals surface area contributed by atoms with Gasteiger partial charge in [0.1, 0.15) is 28.7 Å². The third kappa shape index (κ3) is 4.77. The van der Waals surface area contributed by atoms with E-state index in [0.29, 0.717) is 46.3 Å². The minimum absolute atomic E-state index is 0.0149. The first-order valence-corrected chi connectivity index (χ1v) is 13.9. The van der Waals surface area contributed by atoms with Crippen LogP contribution in [-0.4, -0.2) is 52.0 Å². The highest BCUT2D eigenvalue weighted by molar-refractivity contribution is 7.89. The molecule has 41 heavy (non-hydrogen) atoms. The van der Waals surface area contributed by atoms with Crippen molar-refractivity contribution in [2.45, 2.75) is 31.0 Å². The summed E-state index contributed by atoms with van der Waals surface area (Å²) in [6.45, 7) is 2.10. The number of nitrogens with zero attached hydrogens (tertiary/aromatic N) is 6. The molecule has 1 fully saturated rings. The zero-order valence-electron chi connectivity index (χ0n) is 22.0. The zero-order chi connectivity index (χ0) is 29.1. The molecule has 2 unspecified atom stereocenters. The van der Waals surface area contributed by atoms with Crippen LogP contribution < -0.4 is 0 Å². The number of piperidine rings is 1. The van der Waals surface area contributed by atoms with Crippen molar-refractivity contribution in [3.05, 3.63) is 94.7 Å². The largest absolute Gasteiger partial charge is 0.591 e. The normalized spacial score (nSPS) is 19.8. The molecule has 1 saturated heterocycles. The predicted molar refractivity (Wildman–Crippen MR) is 142 cm³/mol. The molecule has 0 spiro atoms. The maximum Gasteiger partial charge on any atom is 0.416 e. The Balaban J connectivity index is 1.44. The Bertz CT molecular complexity index is 1660. The van der Waals surface area contributed by atoms with Crippen LogP contribution in [0.1, 0.15) is 39.6 Å². The molecule has 4 aromatic rings. The van der Waals surface area contributed by atoms with E-state index >= 15 is 0 Å². The molecule has 2 atom stereocenters. The molecular formula is C28H24F4N6O2S. The Hall–Kier alpha value is -3.81. The van der Waals surface area contributed by atoms with Crippen LogP contribution in [0.2, 0.25) is 0 Å². The Kier molecular flexibility index (Phi) is 6.63. The number of carbonyl (C=O) groups excluding carboxylic acids is 1. The van der Waals surface area contributed by atoms with Crippen LogP contribution in [0.25, 0.3) is 11.8 Å². The van der Waals surface area contributed by atoms with E-state index < -0.39 is 40.1 Å². The highest BCUT2D eigenvalue weighted by Crippen LogP contribution is 2.47. The zero-order valence-corrected chi connectivity index (χ0v) is 22.8. The Morgan fingerprint density at radius 2 is 1.93 bits per heavy atom. The fraction of sp³-hybridized carbons (Fsp3) is 0.286. The summed E-state index contributed by atoms with van der Waals surface area (Å²) >= 11 is -1.71. The molecule has 0 bridgehead atoms. The summed E-state index contributed by atoms with van der Waals surface area (Å²) in [5.74, 6) is -0.316. The average Bonchev–Trinajstić information content (AvgIpc) is 3.52. The number of aryl methyl sites for hydroxylation is 2. The van der Waals surface area contributed by atoms with Gasteiger partial charge in [0.25, 0.3) is 5.03 Å². The van der Waals surface area contributed by atoms with E-state index in [1.165, 1.54) is 12.1 Å². The molecule has 212 valence electrons. The molecule has 0 radical (unpaired) electrons. The smallest absolute Gasteiger partial charge is 0.416 e. The Morgan fingerprint density at radius 3 is 2.61 bits per heavy atom. The van der Waals surface area contributed by atoms with E-state index in [0.717, 1.165) is 18.3 Å². The van der Waals surface area contributed by atoms with Gasteiger partial charge in [-0.3, -0.25) is 9.78 Å². The minimum Gasteiger partial charge on any atom is -0.591 e. The maximum atomic E-state index is 14.2. The molecule has 6 rings (SSSR count). The molecule has 0 amide bonds. The highest BCUT2D eigenvalue weighted by atomic mass is 32.2. The molecule has 13 heteroatoms. The molecule has 1 aliphatic heterocycles. The topological polar surface area (TPSA) is 91.9 Å². The van der Waals surface area contributed by atoms with Crippen LogP contribution in [-0.2, 0) is 31.0 Å². The van der Waals surface area contributed by atoms with E-state index in [1.807, 2.05) is 6.08 Å². The lowest BCUT2D eigenvalue weighted by molar-refractivity contribution is -0.137. The molecule has 0 saturated carbocycles. The predicted octanol–water partition coefficient (Wildman–Crippen LogP) is 4.70. The second-order valence-corrected chi connectivity index (χ2v) is 11.7. The number of rotatable bonds is 5. The number of Topliss-reactive ketones (excluding diaryl/α,β-unsaturated/α-hetero) is 1. The van der Waals surface area contributed by atoms with Crippen LogP contribution in [0.5, 0.6) is 0 Å². The van der Waals surface area contributed by atoms with Gasteiger partial charge < -0.3 is 9.12 Å². The third-order valence-electron chi connectivity index (χ3n) is 7.71. The van der Waals surface area contributed by atoms with Crippen molar-refractivity contribution in [1.29, 1.82) is 0 Å². The molecular weight excluding hydrogens is 560 g/mol. The SMILES string of the molecule is Cc1nc([S+]([O-])N2CCC3=Cc4c(cnn4-c4ccc(F)cc4)CC3(C(=O)c3cc(C(F)(F)F)ccn3)C2)cn1C. The monoisotopic (exact) mass is 584 g/mol. The quantitative estimate of drug-likeness (QED) is 0.192. The molecule has 1 aliphatic carbocycles. The van der Waals surface area contributed by atoms with E-state index in [1.54, 1.807) is 52.1 Å². The van der Waals surface area contributed by atoms with Gasteiger partial charge in [0.15, 0.2) is 5.78 Å². The van der Waals surface area contributed by atoms with Gasteiger partial charge in [0, 0.05) is 19.8 Å². The summed E-state index contributed by atoms with van der Waals surface area (Å²) in [5, 5.41) is 4.80. The summed E-state index contributed by atoms with van der Waals surface area (Å²) in [6, 6.07) is 7.40. The molecule has 1 aromatic carbocycles. The summed E-state index contributed by atoms with van der Waals surface area (Å²) in [7, 11) is 1.78. The van der Waals surface area contributed by atoms with Crippen molar-refractivity contribution in [1.82, 2.24) is 28.6 Å². The molecule has 8 nitrogen and oxygen atoms in total. The van der Waals surface area contributed by atoms with Crippen molar-refractivity contribution in [3.63, 3.8) is 0 Å². The van der Waals surface area contributed by atoms with Gasteiger partial charge in [-0.25, -0.2) is 9.07 Å². The van der Waals surface area contributed by atoms with Gasteiger partial charge in [-0.2, -0.15) is 23.3 Å². The number of pyridine rings is 1. The fourth-order valence-corrected chi connectivity index (χ4v) is 6.78. The minimum atomic E-state index is -4.65. The highest BCUT2D eigenvalue weighted by Gasteiger charge is 2.52. The van der Waals surface area contributed by atoms with Gasteiger partial charge in [0.05, 0.1) is 41.3 Å². The van der Waals surface area contributed by atoms with Crippen LogP contribution >= 0.6 is 0 Å². The van der Waals surface area contributed by atoms with Crippen molar-refractivity contribution >= 4 is 23.2 Å². The number of ketones is 1. The van der Waals surface area contributed by atoms with Crippen LogP contribution in [0.3, 0.4) is 0 Å². The number of fused-ring (bicyclic) bond motifs is 2. The summed E-state index contributed by atoms with van der Waals surface area (Å²) in [4.78, 5) is 22.6. The van der Waals surface area contributed by atoms with Crippen molar-refractivity contribution in [3.8, 4) is 5.69 Å². The van der Waals surface area contributed by atoms with Gasteiger partial charge in [-0.15, -0.1) is 4.31 Å². The van der Waals surface area contributed by atoms with Crippen molar-refractivity contribution in [2.24, 2.45) is 12.5 Å². The van der Waals surface area contributed by atoms with Gasteiger partial charge in [0.2, 0.25) is 0 Å². The fourth-order valence-electron chi connectivity index (χ4n) is 5.46. The second kappa shape index (κ2) is 9.93. The standard InChI is InChI=1S/C28H24F4N6O2S/c1-17-35-25(15-36(17)2)41(40)37-10-8-19-12-24-18(14-34-38(24)22-5-3-21(29)4-6-22)13-27(19,16-37)26(39)23-11-20(7-9-33-23)28(30,31)32/h3-7,9,11-12,14-15H,8,10,13,16H2,1-2H3. The summed E-state index contributed by atoms with van der Waals surface area (Å²) in [6.07, 6.45) is 1.85. The number of halogens is 4. The lowest BCUT2D eigenvalue weighted by atomic mass is 9.65. The average molecular weight is 585 g/mol. The van der Waals surface area contributed by atoms with E-state index in [2.05, 4.69) is 15.1 Å². The van der Waals surface area contributed by atoms with Crippen molar-refractivity contribution in [2.75, 3.05) is 13.1 Å². The Morgan fingerprint density at radius 1 is 1.17 bits per heavy atom. The van der Waals surface area contributed by atoms with Gasteiger partial charge in [-0.05, 0) is 67.8 Å². The first-order chi connectivity index (χ1) is 19.5. The number of imidazole rings is 1. The molecule has 0 N–H and O–H groups in total. The summed E-state index contributed by atoms with van der Waals surface area (Å²) < 4.78 is 72.8. The van der Waals surface area contributed by atoms with Crippen molar-refractivity contribution < 1.29 is 26.9 Å². The number of hydrogen-bond donors (Lipinski definition) is 0.